The number of pyridine rings is 1. The SMILES string of the molecule is COc1ccccc1C(CN)N(C)CCc1ccncc1. The second-order valence-electron chi connectivity index (χ2n) is 5.08. The monoisotopic (exact) mass is 285 g/mol. The molecule has 1 atom stereocenters. The third-order valence-corrected chi connectivity index (χ3v) is 3.76. The first kappa shape index (κ1) is 15.5. The zero-order valence-electron chi connectivity index (χ0n) is 12.7. The molecule has 1 heterocycles. The number of nitrogens with zero attached hydrogens (tertiary/aromatic N) is 2. The van der Waals surface area contributed by atoms with Crippen molar-refractivity contribution >= 4 is 0 Å². The van der Waals surface area contributed by atoms with Crippen molar-refractivity contribution in [3.8, 4) is 5.75 Å². The summed E-state index contributed by atoms with van der Waals surface area (Å²) >= 11 is 0. The van der Waals surface area contributed by atoms with Crippen LogP contribution in [-0.2, 0) is 6.42 Å². The normalized spacial score (nSPS) is 12.4. The summed E-state index contributed by atoms with van der Waals surface area (Å²) in [5.74, 6) is 0.892. The summed E-state index contributed by atoms with van der Waals surface area (Å²) < 4.78 is 5.45. The van der Waals surface area contributed by atoms with Crippen LogP contribution >= 0.6 is 0 Å². The van der Waals surface area contributed by atoms with Gasteiger partial charge in [-0.15, -0.1) is 0 Å². The van der Waals surface area contributed by atoms with Gasteiger partial charge in [-0.3, -0.25) is 9.88 Å². The standard InChI is InChI=1S/C17H23N3O/c1-20(12-9-14-7-10-19-11-8-14)16(13-18)15-5-3-4-6-17(15)21-2/h3-8,10-11,16H,9,12-13,18H2,1-2H3. The Morgan fingerprint density at radius 2 is 1.90 bits per heavy atom. The fraction of sp³-hybridized carbons (Fsp3) is 0.353. The highest BCUT2D eigenvalue weighted by Crippen LogP contribution is 2.27. The molecular formula is C17H23N3O. The maximum Gasteiger partial charge on any atom is 0.123 e. The predicted octanol–water partition coefficient (Wildman–Crippen LogP) is 2.26. The Hall–Kier alpha value is -1.91. The van der Waals surface area contributed by atoms with Crippen molar-refractivity contribution in [3.63, 3.8) is 0 Å². The largest absolute Gasteiger partial charge is 0.496 e. The third-order valence-electron chi connectivity index (χ3n) is 3.76. The Labute approximate surface area is 126 Å². The van der Waals surface area contributed by atoms with Crippen LogP contribution in [0, 0.1) is 0 Å². The molecule has 0 amide bonds. The number of para-hydroxylation sites is 1. The van der Waals surface area contributed by atoms with Gasteiger partial charge in [0.25, 0.3) is 0 Å². The van der Waals surface area contributed by atoms with Gasteiger partial charge in [0.15, 0.2) is 0 Å². The van der Waals surface area contributed by atoms with E-state index in [0.717, 1.165) is 24.3 Å². The quantitative estimate of drug-likeness (QED) is 0.848. The van der Waals surface area contributed by atoms with Crippen LogP contribution in [0.2, 0.25) is 0 Å². The Bertz CT molecular complexity index is 545. The van der Waals surface area contributed by atoms with E-state index in [1.54, 1.807) is 7.11 Å². The zero-order chi connectivity index (χ0) is 15.1. The molecule has 0 spiro atoms. The molecule has 2 aromatic rings. The van der Waals surface area contributed by atoms with E-state index < -0.39 is 0 Å². The molecular weight excluding hydrogens is 262 g/mol. The highest BCUT2D eigenvalue weighted by molar-refractivity contribution is 5.36. The van der Waals surface area contributed by atoms with Crippen molar-refractivity contribution in [2.45, 2.75) is 12.5 Å². The molecule has 2 N–H and O–H groups in total. The highest BCUT2D eigenvalue weighted by atomic mass is 16.5. The van der Waals surface area contributed by atoms with Crippen LogP contribution in [0.4, 0.5) is 0 Å². The van der Waals surface area contributed by atoms with Gasteiger partial charge >= 0.3 is 0 Å². The first-order chi connectivity index (χ1) is 10.3. The van der Waals surface area contributed by atoms with Crippen molar-refractivity contribution in [1.82, 2.24) is 9.88 Å². The summed E-state index contributed by atoms with van der Waals surface area (Å²) in [6.45, 7) is 1.50. The first-order valence-electron chi connectivity index (χ1n) is 7.18. The molecule has 0 aliphatic carbocycles. The molecule has 4 nitrogen and oxygen atoms in total. The van der Waals surface area contributed by atoms with Gasteiger partial charge in [0.1, 0.15) is 5.75 Å². The van der Waals surface area contributed by atoms with Crippen LogP contribution < -0.4 is 10.5 Å². The second-order valence-corrected chi connectivity index (χ2v) is 5.08. The molecule has 0 saturated heterocycles. The number of rotatable bonds is 7. The van der Waals surface area contributed by atoms with Gasteiger partial charge in [0.05, 0.1) is 13.2 Å². The summed E-state index contributed by atoms with van der Waals surface area (Å²) in [5.41, 5.74) is 8.41. The molecule has 0 saturated carbocycles. The van der Waals surface area contributed by atoms with E-state index in [4.69, 9.17) is 10.5 Å². The van der Waals surface area contributed by atoms with Crippen LogP contribution in [0.15, 0.2) is 48.8 Å². The maximum absolute atomic E-state index is 5.99. The minimum Gasteiger partial charge on any atom is -0.496 e. The molecule has 0 aliphatic rings. The molecule has 112 valence electrons. The van der Waals surface area contributed by atoms with E-state index in [0.29, 0.717) is 6.54 Å². The summed E-state index contributed by atoms with van der Waals surface area (Å²) in [6.07, 6.45) is 4.64. The van der Waals surface area contributed by atoms with Crippen molar-refractivity contribution in [1.29, 1.82) is 0 Å². The van der Waals surface area contributed by atoms with E-state index in [-0.39, 0.29) is 6.04 Å². The molecule has 4 heteroatoms. The average molecular weight is 285 g/mol. The van der Waals surface area contributed by atoms with Gasteiger partial charge < -0.3 is 10.5 Å². The van der Waals surface area contributed by atoms with Crippen LogP contribution in [-0.4, -0.2) is 37.1 Å². The topological polar surface area (TPSA) is 51.4 Å². The molecule has 1 unspecified atom stereocenters. The Morgan fingerprint density at radius 3 is 2.57 bits per heavy atom. The van der Waals surface area contributed by atoms with Gasteiger partial charge in [-0.25, -0.2) is 0 Å². The van der Waals surface area contributed by atoms with Crippen molar-refractivity contribution < 1.29 is 4.74 Å². The number of likely N-dealkylation sites (N-methyl/N-ethyl adjacent to an activating group) is 1. The average Bonchev–Trinajstić information content (AvgIpc) is 2.55. The molecule has 2 rings (SSSR count). The lowest BCUT2D eigenvalue weighted by molar-refractivity contribution is 0.247. The van der Waals surface area contributed by atoms with Gasteiger partial charge in [0.2, 0.25) is 0 Å². The molecule has 0 radical (unpaired) electrons. The van der Waals surface area contributed by atoms with Gasteiger partial charge in [-0.05, 0) is 37.2 Å². The van der Waals surface area contributed by atoms with Crippen LogP contribution in [0.1, 0.15) is 17.2 Å². The van der Waals surface area contributed by atoms with Gasteiger partial charge in [-0.1, -0.05) is 18.2 Å². The fourth-order valence-corrected chi connectivity index (χ4v) is 2.50. The number of hydrogen-bond acceptors (Lipinski definition) is 4. The van der Waals surface area contributed by atoms with E-state index in [1.807, 2.05) is 42.7 Å². The number of ether oxygens (including phenoxy) is 1. The predicted molar refractivity (Wildman–Crippen MR) is 85.4 cm³/mol. The maximum atomic E-state index is 5.99. The smallest absolute Gasteiger partial charge is 0.123 e. The molecule has 21 heavy (non-hydrogen) atoms. The van der Waals surface area contributed by atoms with E-state index in [9.17, 15) is 0 Å². The number of nitrogens with two attached hydrogens (primary N) is 1. The lowest BCUT2D eigenvalue weighted by Gasteiger charge is -2.28. The lowest BCUT2D eigenvalue weighted by Crippen LogP contribution is -2.32. The number of methoxy groups -OCH3 is 1. The summed E-state index contributed by atoms with van der Waals surface area (Å²) in [7, 11) is 3.80. The summed E-state index contributed by atoms with van der Waals surface area (Å²) in [5, 5.41) is 0. The molecule has 1 aromatic heterocycles. The molecule has 0 fully saturated rings. The number of aromatic nitrogens is 1. The zero-order valence-corrected chi connectivity index (χ0v) is 12.7. The van der Waals surface area contributed by atoms with Crippen LogP contribution in [0.25, 0.3) is 0 Å². The van der Waals surface area contributed by atoms with Gasteiger partial charge in [-0.2, -0.15) is 0 Å². The van der Waals surface area contributed by atoms with Crippen molar-refractivity contribution in [2.24, 2.45) is 5.73 Å². The summed E-state index contributed by atoms with van der Waals surface area (Å²) in [6, 6.07) is 12.3. The number of hydrogen-bond donors (Lipinski definition) is 1. The Balaban J connectivity index is 2.06. The lowest BCUT2D eigenvalue weighted by atomic mass is 10.0. The van der Waals surface area contributed by atoms with Crippen molar-refractivity contribution in [2.75, 3.05) is 27.2 Å². The Morgan fingerprint density at radius 1 is 1.19 bits per heavy atom. The first-order valence-corrected chi connectivity index (χ1v) is 7.18. The second kappa shape index (κ2) is 7.76. The van der Waals surface area contributed by atoms with Gasteiger partial charge in [0, 0.05) is 31.0 Å². The van der Waals surface area contributed by atoms with E-state index in [2.05, 4.69) is 23.0 Å². The van der Waals surface area contributed by atoms with E-state index in [1.165, 1.54) is 5.56 Å². The van der Waals surface area contributed by atoms with Crippen LogP contribution in [0.3, 0.4) is 0 Å². The highest BCUT2D eigenvalue weighted by Gasteiger charge is 2.18. The van der Waals surface area contributed by atoms with E-state index >= 15 is 0 Å². The minimum absolute atomic E-state index is 0.156. The van der Waals surface area contributed by atoms with Crippen LogP contribution in [0.5, 0.6) is 5.75 Å². The number of benzene rings is 1. The minimum atomic E-state index is 0.156. The fourth-order valence-electron chi connectivity index (χ4n) is 2.50. The Kier molecular flexibility index (Phi) is 5.72. The van der Waals surface area contributed by atoms with Crippen molar-refractivity contribution in [3.05, 3.63) is 59.9 Å². The molecule has 0 bridgehead atoms. The molecule has 0 aliphatic heterocycles. The summed E-state index contributed by atoms with van der Waals surface area (Å²) in [4.78, 5) is 6.32. The molecule has 1 aromatic carbocycles. The third kappa shape index (κ3) is 4.03.